The maximum atomic E-state index is 11.4. The predicted molar refractivity (Wildman–Crippen MR) is 59.5 cm³/mol. The number of benzene rings is 1. The van der Waals surface area contributed by atoms with Crippen molar-refractivity contribution >= 4 is 21.9 Å². The lowest BCUT2D eigenvalue weighted by Gasteiger charge is -2.05. The normalized spacial score (nSPS) is 9.93. The summed E-state index contributed by atoms with van der Waals surface area (Å²) in [4.78, 5) is 11.4. The van der Waals surface area contributed by atoms with Crippen LogP contribution in [-0.4, -0.2) is 12.6 Å². The van der Waals surface area contributed by atoms with E-state index >= 15 is 0 Å². The maximum absolute atomic E-state index is 11.4. The molecule has 1 aromatic carbocycles. The van der Waals surface area contributed by atoms with E-state index in [0.717, 1.165) is 10.9 Å². The third-order valence-corrected chi connectivity index (χ3v) is 2.59. The summed E-state index contributed by atoms with van der Waals surface area (Å²) >= 11 is 3.36. The summed E-state index contributed by atoms with van der Waals surface area (Å²) in [5.74, 6) is -0.276. The Bertz CT molecular complexity index is 334. The molecule has 0 saturated carbocycles. The standard InChI is InChI=1S/C11H13BrO2/c1-3-8-5-6-9(10(12)7-8)11(13)14-4-2/h5-7H,3-4H2,1-2H3. The van der Waals surface area contributed by atoms with Gasteiger partial charge in [0.15, 0.2) is 0 Å². The number of rotatable bonds is 3. The van der Waals surface area contributed by atoms with Crippen LogP contribution < -0.4 is 0 Å². The number of carbonyl (C=O) groups excluding carboxylic acids is 1. The first-order valence-corrected chi connectivity index (χ1v) is 5.43. The van der Waals surface area contributed by atoms with Gasteiger partial charge in [0.05, 0.1) is 12.2 Å². The quantitative estimate of drug-likeness (QED) is 0.777. The fourth-order valence-electron chi connectivity index (χ4n) is 1.15. The Balaban J connectivity index is 2.94. The summed E-state index contributed by atoms with van der Waals surface area (Å²) in [5, 5.41) is 0. The van der Waals surface area contributed by atoms with Gasteiger partial charge in [0.2, 0.25) is 0 Å². The Morgan fingerprint density at radius 2 is 2.14 bits per heavy atom. The topological polar surface area (TPSA) is 26.3 Å². The number of ether oxygens (including phenoxy) is 1. The second-order valence-electron chi connectivity index (χ2n) is 2.89. The predicted octanol–water partition coefficient (Wildman–Crippen LogP) is 3.19. The van der Waals surface area contributed by atoms with Crippen LogP contribution in [0, 0.1) is 0 Å². The molecule has 14 heavy (non-hydrogen) atoms. The fourth-order valence-corrected chi connectivity index (χ4v) is 1.74. The van der Waals surface area contributed by atoms with E-state index in [1.165, 1.54) is 5.56 Å². The average molecular weight is 257 g/mol. The minimum absolute atomic E-state index is 0.276. The van der Waals surface area contributed by atoms with Crippen molar-refractivity contribution in [1.82, 2.24) is 0 Å². The zero-order valence-electron chi connectivity index (χ0n) is 8.34. The number of halogens is 1. The van der Waals surface area contributed by atoms with Crippen LogP contribution in [0.1, 0.15) is 29.8 Å². The van der Waals surface area contributed by atoms with Gasteiger partial charge in [-0.2, -0.15) is 0 Å². The first-order chi connectivity index (χ1) is 6.69. The molecule has 1 aromatic rings. The lowest BCUT2D eigenvalue weighted by Crippen LogP contribution is -2.05. The largest absolute Gasteiger partial charge is 0.462 e. The van der Waals surface area contributed by atoms with Gasteiger partial charge in [-0.25, -0.2) is 4.79 Å². The molecule has 1 rings (SSSR count). The van der Waals surface area contributed by atoms with Crippen molar-refractivity contribution in [3.8, 4) is 0 Å². The summed E-state index contributed by atoms with van der Waals surface area (Å²) in [6.45, 7) is 4.28. The highest BCUT2D eigenvalue weighted by Crippen LogP contribution is 2.19. The zero-order valence-corrected chi connectivity index (χ0v) is 9.93. The summed E-state index contributed by atoms with van der Waals surface area (Å²) in [7, 11) is 0. The Hall–Kier alpha value is -0.830. The van der Waals surface area contributed by atoms with Crippen LogP contribution in [0.15, 0.2) is 22.7 Å². The number of hydrogen-bond acceptors (Lipinski definition) is 2. The van der Waals surface area contributed by atoms with Gasteiger partial charge in [0.25, 0.3) is 0 Å². The van der Waals surface area contributed by atoms with Gasteiger partial charge in [-0.05, 0) is 47.0 Å². The molecule has 0 bridgehead atoms. The number of esters is 1. The molecule has 0 aliphatic carbocycles. The molecule has 76 valence electrons. The van der Waals surface area contributed by atoms with Crippen molar-refractivity contribution in [3.05, 3.63) is 33.8 Å². The van der Waals surface area contributed by atoms with E-state index in [1.807, 2.05) is 12.1 Å². The smallest absolute Gasteiger partial charge is 0.339 e. The van der Waals surface area contributed by atoms with E-state index in [9.17, 15) is 4.79 Å². The van der Waals surface area contributed by atoms with Gasteiger partial charge >= 0.3 is 5.97 Å². The first kappa shape index (κ1) is 11.2. The van der Waals surface area contributed by atoms with E-state index < -0.39 is 0 Å². The van der Waals surface area contributed by atoms with Crippen molar-refractivity contribution in [2.24, 2.45) is 0 Å². The molecule has 3 heteroatoms. The number of aryl methyl sites for hydroxylation is 1. The van der Waals surface area contributed by atoms with Gasteiger partial charge in [-0.15, -0.1) is 0 Å². The third kappa shape index (κ3) is 2.58. The van der Waals surface area contributed by atoms with Crippen molar-refractivity contribution in [2.45, 2.75) is 20.3 Å². The van der Waals surface area contributed by atoms with Crippen molar-refractivity contribution in [3.63, 3.8) is 0 Å². The molecule has 0 saturated heterocycles. The van der Waals surface area contributed by atoms with Crippen LogP contribution >= 0.6 is 15.9 Å². The Morgan fingerprint density at radius 1 is 1.43 bits per heavy atom. The zero-order chi connectivity index (χ0) is 10.6. The van der Waals surface area contributed by atoms with Crippen LogP contribution in [0.2, 0.25) is 0 Å². The Kier molecular flexibility index (Phi) is 4.14. The SMILES string of the molecule is CCOC(=O)c1ccc(CC)cc1Br. The maximum Gasteiger partial charge on any atom is 0.339 e. The van der Waals surface area contributed by atoms with E-state index in [2.05, 4.69) is 22.9 Å². The third-order valence-electron chi connectivity index (χ3n) is 1.94. The van der Waals surface area contributed by atoms with E-state index in [-0.39, 0.29) is 5.97 Å². The van der Waals surface area contributed by atoms with E-state index in [1.54, 1.807) is 13.0 Å². The molecule has 0 amide bonds. The van der Waals surface area contributed by atoms with Crippen LogP contribution in [0.5, 0.6) is 0 Å². The lowest BCUT2D eigenvalue weighted by atomic mass is 10.1. The summed E-state index contributed by atoms with van der Waals surface area (Å²) in [5.41, 5.74) is 1.79. The van der Waals surface area contributed by atoms with E-state index in [4.69, 9.17) is 4.74 Å². The summed E-state index contributed by atoms with van der Waals surface area (Å²) in [6, 6.07) is 5.68. The highest BCUT2D eigenvalue weighted by atomic mass is 79.9. The molecule has 2 nitrogen and oxygen atoms in total. The van der Waals surface area contributed by atoms with Crippen molar-refractivity contribution in [1.29, 1.82) is 0 Å². The van der Waals surface area contributed by atoms with Crippen LogP contribution in [0.3, 0.4) is 0 Å². The van der Waals surface area contributed by atoms with Gasteiger partial charge in [0.1, 0.15) is 0 Å². The highest BCUT2D eigenvalue weighted by Gasteiger charge is 2.10. The van der Waals surface area contributed by atoms with E-state index in [0.29, 0.717) is 12.2 Å². The second-order valence-corrected chi connectivity index (χ2v) is 3.74. The van der Waals surface area contributed by atoms with Crippen LogP contribution in [0.25, 0.3) is 0 Å². The van der Waals surface area contributed by atoms with Crippen LogP contribution in [0.4, 0.5) is 0 Å². The molecule has 0 unspecified atom stereocenters. The molecule has 0 spiro atoms. The summed E-state index contributed by atoms with van der Waals surface area (Å²) in [6.07, 6.45) is 0.960. The molecule has 0 fully saturated rings. The number of hydrogen-bond donors (Lipinski definition) is 0. The molecule has 0 N–H and O–H groups in total. The second kappa shape index (κ2) is 5.15. The minimum Gasteiger partial charge on any atom is -0.462 e. The molecule has 0 radical (unpaired) electrons. The molecule has 0 aliphatic rings. The lowest BCUT2D eigenvalue weighted by molar-refractivity contribution is 0.0525. The first-order valence-electron chi connectivity index (χ1n) is 4.64. The monoisotopic (exact) mass is 256 g/mol. The average Bonchev–Trinajstić information content (AvgIpc) is 2.17. The molecule has 0 aromatic heterocycles. The minimum atomic E-state index is -0.276. The molecule has 0 atom stereocenters. The van der Waals surface area contributed by atoms with Gasteiger partial charge < -0.3 is 4.74 Å². The van der Waals surface area contributed by atoms with Crippen molar-refractivity contribution in [2.75, 3.05) is 6.61 Å². The molecule has 0 heterocycles. The fraction of sp³-hybridized carbons (Fsp3) is 0.364. The highest BCUT2D eigenvalue weighted by molar-refractivity contribution is 9.10. The Labute approximate surface area is 92.4 Å². The summed E-state index contributed by atoms with van der Waals surface area (Å²) < 4.78 is 5.71. The Morgan fingerprint density at radius 3 is 2.64 bits per heavy atom. The number of carbonyl (C=O) groups is 1. The molecular weight excluding hydrogens is 244 g/mol. The van der Waals surface area contributed by atoms with Crippen molar-refractivity contribution < 1.29 is 9.53 Å². The van der Waals surface area contributed by atoms with Gasteiger partial charge in [-0.3, -0.25) is 0 Å². The van der Waals surface area contributed by atoms with Crippen LogP contribution in [-0.2, 0) is 11.2 Å². The molecular formula is C11H13BrO2. The molecule has 0 aliphatic heterocycles. The van der Waals surface area contributed by atoms with Gasteiger partial charge in [0, 0.05) is 4.47 Å². The van der Waals surface area contributed by atoms with Gasteiger partial charge in [-0.1, -0.05) is 13.0 Å².